The molecular weight excluding hydrogens is 292 g/mol. The molecule has 0 aliphatic heterocycles. The second kappa shape index (κ2) is 9.09. The Labute approximate surface area is 129 Å². The van der Waals surface area contributed by atoms with Gasteiger partial charge in [-0.05, 0) is 6.92 Å². The summed E-state index contributed by atoms with van der Waals surface area (Å²) in [5.41, 5.74) is 0.592. The van der Waals surface area contributed by atoms with Gasteiger partial charge in [0.05, 0.1) is 23.9 Å². The first kappa shape index (κ1) is 18.0. The molecular formula is C14H24N2O4S. The Balaban J connectivity index is 2.68. The molecule has 0 bridgehead atoms. The van der Waals surface area contributed by atoms with Crippen LogP contribution in [0.4, 0.5) is 0 Å². The highest BCUT2D eigenvalue weighted by molar-refractivity contribution is 7.13. The third-order valence-corrected chi connectivity index (χ3v) is 4.56. The molecule has 0 aliphatic rings. The molecule has 6 nitrogen and oxygen atoms in total. The van der Waals surface area contributed by atoms with Crippen molar-refractivity contribution in [3.05, 3.63) is 15.6 Å². The van der Waals surface area contributed by atoms with Gasteiger partial charge in [-0.2, -0.15) is 0 Å². The van der Waals surface area contributed by atoms with Crippen LogP contribution < -0.4 is 0 Å². The topological polar surface area (TPSA) is 71.9 Å². The number of methoxy groups -OCH3 is 2. The van der Waals surface area contributed by atoms with E-state index in [0.717, 1.165) is 24.6 Å². The van der Waals surface area contributed by atoms with Crippen LogP contribution in [0.2, 0.25) is 0 Å². The molecule has 0 aliphatic carbocycles. The summed E-state index contributed by atoms with van der Waals surface area (Å²) < 4.78 is 10.2. The van der Waals surface area contributed by atoms with Gasteiger partial charge in [0.1, 0.15) is 4.88 Å². The van der Waals surface area contributed by atoms with E-state index in [1.165, 1.54) is 11.3 Å². The van der Waals surface area contributed by atoms with Crippen LogP contribution >= 0.6 is 11.3 Å². The molecule has 1 rings (SSSR count). The fraction of sp³-hybridized carbons (Fsp3) is 0.714. The number of hydrogen-bond donors (Lipinski definition) is 1. The minimum Gasteiger partial charge on any atom is -0.477 e. The second-order valence-electron chi connectivity index (χ2n) is 4.96. The average molecular weight is 316 g/mol. The molecule has 1 aromatic heterocycles. The maximum absolute atomic E-state index is 11.1. The summed E-state index contributed by atoms with van der Waals surface area (Å²) in [6, 6.07) is 0. The lowest BCUT2D eigenvalue weighted by Gasteiger charge is -2.24. The largest absolute Gasteiger partial charge is 0.477 e. The molecule has 120 valence electrons. The van der Waals surface area contributed by atoms with Gasteiger partial charge in [-0.3, -0.25) is 4.90 Å². The van der Waals surface area contributed by atoms with Crippen LogP contribution in [0.15, 0.2) is 0 Å². The summed E-state index contributed by atoms with van der Waals surface area (Å²) in [7, 11) is 3.36. The first-order chi connectivity index (χ1) is 9.99. The van der Waals surface area contributed by atoms with Crippen LogP contribution in [-0.2, 0) is 9.47 Å². The number of carboxylic acids is 1. The van der Waals surface area contributed by atoms with E-state index in [0.29, 0.717) is 23.8 Å². The fourth-order valence-electron chi connectivity index (χ4n) is 2.03. The fourth-order valence-corrected chi connectivity index (χ4v) is 2.98. The van der Waals surface area contributed by atoms with Crippen LogP contribution in [0.3, 0.4) is 0 Å². The zero-order chi connectivity index (χ0) is 15.8. The van der Waals surface area contributed by atoms with Crippen LogP contribution in [0.25, 0.3) is 0 Å². The number of aromatic nitrogens is 1. The smallest absolute Gasteiger partial charge is 0.347 e. The highest BCUT2D eigenvalue weighted by atomic mass is 32.1. The van der Waals surface area contributed by atoms with E-state index in [9.17, 15) is 4.79 Å². The van der Waals surface area contributed by atoms with E-state index in [1.54, 1.807) is 21.1 Å². The molecule has 0 spiro atoms. The summed E-state index contributed by atoms with van der Waals surface area (Å²) >= 11 is 1.27. The van der Waals surface area contributed by atoms with Crippen molar-refractivity contribution in [1.82, 2.24) is 9.88 Å². The van der Waals surface area contributed by atoms with Crippen molar-refractivity contribution in [1.29, 1.82) is 0 Å². The summed E-state index contributed by atoms with van der Waals surface area (Å²) in [6.45, 7) is 7.57. The second-order valence-corrected chi connectivity index (χ2v) is 5.99. The maximum Gasteiger partial charge on any atom is 0.347 e. The van der Waals surface area contributed by atoms with Crippen molar-refractivity contribution in [3.63, 3.8) is 0 Å². The Morgan fingerprint density at radius 3 is 2.33 bits per heavy atom. The highest BCUT2D eigenvalue weighted by Gasteiger charge is 2.19. The van der Waals surface area contributed by atoms with E-state index in [-0.39, 0.29) is 5.92 Å². The predicted octanol–water partition coefficient (Wildman–Crippen LogP) is 1.85. The van der Waals surface area contributed by atoms with Crippen molar-refractivity contribution in [2.24, 2.45) is 0 Å². The average Bonchev–Trinajstić information content (AvgIpc) is 2.84. The van der Waals surface area contributed by atoms with Gasteiger partial charge in [-0.1, -0.05) is 6.92 Å². The number of carboxylic acid groups (broad SMARTS) is 1. The standard InChI is InChI=1S/C14H24N2O4S/c1-10(9-16(5-7-19-3)6-8-20-4)13-15-11(2)12(21-13)14(17)18/h10H,5-9H2,1-4H3,(H,17,18). The summed E-state index contributed by atoms with van der Waals surface area (Å²) in [4.78, 5) is 18.1. The van der Waals surface area contributed by atoms with Crippen molar-refractivity contribution < 1.29 is 19.4 Å². The van der Waals surface area contributed by atoms with Gasteiger partial charge in [0, 0.05) is 39.8 Å². The Morgan fingerprint density at radius 2 is 1.90 bits per heavy atom. The van der Waals surface area contributed by atoms with Crippen LogP contribution in [0, 0.1) is 6.92 Å². The number of nitrogens with zero attached hydrogens (tertiary/aromatic N) is 2. The molecule has 1 heterocycles. The minimum absolute atomic E-state index is 0.176. The molecule has 1 N–H and O–H groups in total. The number of ether oxygens (including phenoxy) is 2. The van der Waals surface area contributed by atoms with E-state index in [2.05, 4.69) is 16.8 Å². The number of aromatic carboxylic acids is 1. The van der Waals surface area contributed by atoms with E-state index < -0.39 is 5.97 Å². The van der Waals surface area contributed by atoms with Crippen LogP contribution in [0.1, 0.15) is 33.2 Å². The van der Waals surface area contributed by atoms with Crippen molar-refractivity contribution in [2.75, 3.05) is 47.1 Å². The third-order valence-electron chi connectivity index (χ3n) is 3.18. The molecule has 21 heavy (non-hydrogen) atoms. The lowest BCUT2D eigenvalue weighted by atomic mass is 10.2. The van der Waals surface area contributed by atoms with E-state index >= 15 is 0 Å². The van der Waals surface area contributed by atoms with Gasteiger partial charge in [0.15, 0.2) is 0 Å². The molecule has 0 saturated heterocycles. The maximum atomic E-state index is 11.1. The van der Waals surface area contributed by atoms with E-state index in [4.69, 9.17) is 14.6 Å². The van der Waals surface area contributed by atoms with Gasteiger partial charge < -0.3 is 14.6 Å². The van der Waals surface area contributed by atoms with Gasteiger partial charge >= 0.3 is 5.97 Å². The van der Waals surface area contributed by atoms with Crippen molar-refractivity contribution in [2.45, 2.75) is 19.8 Å². The molecule has 7 heteroatoms. The number of aryl methyl sites for hydroxylation is 1. The zero-order valence-corrected chi connectivity index (χ0v) is 13.9. The molecule has 0 radical (unpaired) electrons. The van der Waals surface area contributed by atoms with Gasteiger partial charge in [-0.15, -0.1) is 11.3 Å². The lowest BCUT2D eigenvalue weighted by molar-refractivity contribution is 0.0701. The summed E-state index contributed by atoms with van der Waals surface area (Å²) in [5.74, 6) is -0.727. The Kier molecular flexibility index (Phi) is 7.81. The summed E-state index contributed by atoms with van der Waals surface area (Å²) in [6.07, 6.45) is 0. The van der Waals surface area contributed by atoms with Crippen LogP contribution in [0.5, 0.6) is 0 Å². The first-order valence-corrected chi connectivity index (χ1v) is 7.72. The Bertz CT molecular complexity index is 442. The first-order valence-electron chi connectivity index (χ1n) is 6.90. The number of rotatable bonds is 10. The Morgan fingerprint density at radius 1 is 1.33 bits per heavy atom. The quantitative estimate of drug-likeness (QED) is 0.710. The van der Waals surface area contributed by atoms with Gasteiger partial charge in [0.2, 0.25) is 0 Å². The third kappa shape index (κ3) is 5.70. The SMILES string of the molecule is COCCN(CCOC)CC(C)c1nc(C)c(C(=O)O)s1. The zero-order valence-electron chi connectivity index (χ0n) is 13.1. The molecule has 0 fully saturated rings. The molecule has 0 amide bonds. The number of thiazole rings is 1. The Hall–Kier alpha value is -1.02. The predicted molar refractivity (Wildman–Crippen MR) is 82.4 cm³/mol. The molecule has 1 aromatic rings. The monoisotopic (exact) mass is 316 g/mol. The molecule has 0 aromatic carbocycles. The number of carbonyl (C=O) groups is 1. The van der Waals surface area contributed by atoms with Crippen molar-refractivity contribution in [3.8, 4) is 0 Å². The number of hydrogen-bond acceptors (Lipinski definition) is 6. The summed E-state index contributed by atoms with van der Waals surface area (Å²) in [5, 5.41) is 9.97. The molecule has 0 saturated carbocycles. The van der Waals surface area contributed by atoms with Crippen molar-refractivity contribution >= 4 is 17.3 Å². The molecule has 1 unspecified atom stereocenters. The van der Waals surface area contributed by atoms with E-state index in [1.807, 2.05) is 0 Å². The van der Waals surface area contributed by atoms with Gasteiger partial charge in [-0.25, -0.2) is 9.78 Å². The normalized spacial score (nSPS) is 12.8. The minimum atomic E-state index is -0.904. The van der Waals surface area contributed by atoms with Crippen LogP contribution in [-0.4, -0.2) is 68.0 Å². The molecule has 1 atom stereocenters. The lowest BCUT2D eigenvalue weighted by Crippen LogP contribution is -2.33. The van der Waals surface area contributed by atoms with Gasteiger partial charge in [0.25, 0.3) is 0 Å². The highest BCUT2D eigenvalue weighted by Crippen LogP contribution is 2.25.